The highest BCUT2D eigenvalue weighted by Crippen LogP contribution is 2.24. The van der Waals surface area contributed by atoms with Gasteiger partial charge in [-0.1, -0.05) is 23.5 Å². The lowest BCUT2D eigenvalue weighted by Gasteiger charge is -2.10. The lowest BCUT2D eigenvalue weighted by molar-refractivity contribution is 0.102. The average molecular weight is 326 g/mol. The fraction of sp³-hybridized carbons (Fsp3) is 0.167. The van der Waals surface area contributed by atoms with Crippen LogP contribution in [0.25, 0.3) is 0 Å². The number of sulfonamides is 1. The molecule has 1 heterocycles. The first-order chi connectivity index (χ1) is 9.85. The summed E-state index contributed by atoms with van der Waals surface area (Å²) in [5.74, 6) is -0.444. The molecule has 2 rings (SSSR count). The van der Waals surface area contributed by atoms with Crippen LogP contribution in [0.4, 0.5) is 10.8 Å². The van der Waals surface area contributed by atoms with E-state index >= 15 is 0 Å². The van der Waals surface area contributed by atoms with Gasteiger partial charge in [0.05, 0.1) is 11.4 Å². The normalized spacial score (nSPS) is 11.3. The lowest BCUT2D eigenvalue weighted by atomic mass is 10.3. The number of aromatic nitrogens is 1. The van der Waals surface area contributed by atoms with Crippen LogP contribution < -0.4 is 15.8 Å². The molecule has 9 heteroatoms. The quantitative estimate of drug-likeness (QED) is 0.781. The number of hydrogen-bond donors (Lipinski definition) is 3. The number of benzene rings is 1. The number of nitrogens with zero attached hydrogens (tertiary/aromatic N) is 1. The van der Waals surface area contributed by atoms with E-state index in [4.69, 9.17) is 5.73 Å². The minimum Gasteiger partial charge on any atom is -0.375 e. The van der Waals surface area contributed by atoms with Crippen molar-refractivity contribution in [2.75, 3.05) is 18.1 Å². The summed E-state index contributed by atoms with van der Waals surface area (Å²) < 4.78 is 26.1. The van der Waals surface area contributed by atoms with Crippen molar-refractivity contribution in [3.63, 3.8) is 0 Å². The molecule has 112 valence electrons. The smallest absolute Gasteiger partial charge is 0.267 e. The van der Waals surface area contributed by atoms with Crippen molar-refractivity contribution in [3.8, 4) is 0 Å². The number of carbonyl (C=O) groups is 1. The number of nitrogen functional groups attached to an aromatic ring is 1. The Kier molecular flexibility index (Phi) is 4.26. The average Bonchev–Trinajstić information content (AvgIpc) is 2.78. The number of nitrogens with two attached hydrogens (primary N) is 1. The van der Waals surface area contributed by atoms with Crippen molar-refractivity contribution in [2.45, 2.75) is 11.8 Å². The number of anilines is 2. The highest BCUT2D eigenvalue weighted by atomic mass is 32.2. The van der Waals surface area contributed by atoms with Gasteiger partial charge in [-0.15, -0.1) is 0 Å². The zero-order valence-electron chi connectivity index (χ0n) is 11.4. The van der Waals surface area contributed by atoms with Crippen LogP contribution in [0.1, 0.15) is 15.4 Å². The van der Waals surface area contributed by atoms with Gasteiger partial charge in [0.1, 0.15) is 9.77 Å². The Hall–Kier alpha value is -1.97. The lowest BCUT2D eigenvalue weighted by Crippen LogP contribution is -2.21. The number of rotatable bonds is 4. The molecule has 21 heavy (non-hydrogen) atoms. The summed E-state index contributed by atoms with van der Waals surface area (Å²) in [6.07, 6.45) is 0. The third-order valence-electron chi connectivity index (χ3n) is 2.71. The molecule has 7 nitrogen and oxygen atoms in total. The minimum absolute atomic E-state index is 0.00371. The Labute approximate surface area is 126 Å². The second kappa shape index (κ2) is 5.80. The van der Waals surface area contributed by atoms with Gasteiger partial charge >= 0.3 is 0 Å². The van der Waals surface area contributed by atoms with E-state index in [1.165, 1.54) is 19.2 Å². The molecule has 0 atom stereocenters. The highest BCUT2D eigenvalue weighted by Gasteiger charge is 2.20. The second-order valence-corrected chi connectivity index (χ2v) is 7.01. The van der Waals surface area contributed by atoms with Crippen molar-refractivity contribution in [2.24, 2.45) is 0 Å². The van der Waals surface area contributed by atoms with Crippen molar-refractivity contribution in [3.05, 3.63) is 34.8 Å². The maximum absolute atomic E-state index is 12.2. The Morgan fingerprint density at radius 3 is 2.57 bits per heavy atom. The second-order valence-electron chi connectivity index (χ2n) is 4.12. The van der Waals surface area contributed by atoms with Crippen LogP contribution in [-0.4, -0.2) is 26.4 Å². The molecule has 0 aliphatic carbocycles. The Bertz CT molecular complexity index is 784. The largest absolute Gasteiger partial charge is 0.375 e. The van der Waals surface area contributed by atoms with Crippen LogP contribution in [-0.2, 0) is 10.0 Å². The number of aryl methyl sites for hydroxylation is 1. The molecule has 0 aliphatic rings. The number of para-hydroxylation sites is 1. The van der Waals surface area contributed by atoms with Gasteiger partial charge in [-0.2, -0.15) is 0 Å². The topological polar surface area (TPSA) is 114 Å². The summed E-state index contributed by atoms with van der Waals surface area (Å²) in [6, 6.07) is 6.14. The number of carbonyl (C=O) groups excluding carboxylic acids is 1. The third kappa shape index (κ3) is 3.20. The van der Waals surface area contributed by atoms with E-state index in [1.807, 2.05) is 0 Å². The predicted molar refractivity (Wildman–Crippen MR) is 81.9 cm³/mol. The summed E-state index contributed by atoms with van der Waals surface area (Å²) >= 11 is 1.05. The maximum Gasteiger partial charge on any atom is 0.267 e. The van der Waals surface area contributed by atoms with Gasteiger partial charge in [0.2, 0.25) is 10.0 Å². The SMILES string of the molecule is CNS(=O)(=O)c1ccccc1NC(=O)c1sc(N)nc1C. The van der Waals surface area contributed by atoms with E-state index < -0.39 is 15.9 Å². The zero-order valence-corrected chi connectivity index (χ0v) is 13.0. The number of thiazole rings is 1. The molecule has 0 saturated heterocycles. The van der Waals surface area contributed by atoms with Crippen LogP contribution in [0.5, 0.6) is 0 Å². The van der Waals surface area contributed by atoms with Crippen LogP contribution in [0.2, 0.25) is 0 Å². The molecular weight excluding hydrogens is 312 g/mol. The molecule has 1 aromatic heterocycles. The maximum atomic E-state index is 12.2. The Morgan fingerprint density at radius 1 is 1.33 bits per heavy atom. The first-order valence-electron chi connectivity index (χ1n) is 5.92. The van der Waals surface area contributed by atoms with Gasteiger partial charge in [-0.05, 0) is 26.1 Å². The first kappa shape index (κ1) is 15.4. The van der Waals surface area contributed by atoms with Crippen molar-refractivity contribution < 1.29 is 13.2 Å². The molecule has 4 N–H and O–H groups in total. The standard InChI is InChI=1S/C12H14N4O3S2/c1-7-10(20-12(13)15-7)11(17)16-8-5-3-4-6-9(8)21(18,19)14-2/h3-6,14H,1-2H3,(H2,13,15)(H,16,17). The molecule has 0 unspecified atom stereocenters. The van der Waals surface area contributed by atoms with Crippen molar-refractivity contribution >= 4 is 38.1 Å². The molecular formula is C12H14N4O3S2. The molecule has 0 aliphatic heterocycles. The molecule has 1 amide bonds. The van der Waals surface area contributed by atoms with Crippen LogP contribution in [0.15, 0.2) is 29.2 Å². The molecule has 1 aromatic carbocycles. The first-order valence-corrected chi connectivity index (χ1v) is 8.22. The summed E-state index contributed by atoms with van der Waals surface area (Å²) in [7, 11) is -2.36. The van der Waals surface area contributed by atoms with Gasteiger partial charge in [-0.3, -0.25) is 4.79 Å². The van der Waals surface area contributed by atoms with E-state index in [-0.39, 0.29) is 15.7 Å². The van der Waals surface area contributed by atoms with Crippen LogP contribution in [0, 0.1) is 6.92 Å². The van der Waals surface area contributed by atoms with E-state index in [9.17, 15) is 13.2 Å². The molecule has 0 saturated carbocycles. The van der Waals surface area contributed by atoms with Crippen LogP contribution in [0.3, 0.4) is 0 Å². The fourth-order valence-corrected chi connectivity index (χ4v) is 3.34. The Balaban J connectivity index is 2.37. The molecule has 0 radical (unpaired) electrons. The summed E-state index contributed by atoms with van der Waals surface area (Å²) in [4.78, 5) is 16.5. The fourth-order valence-electron chi connectivity index (χ4n) is 1.72. The minimum atomic E-state index is -3.66. The van der Waals surface area contributed by atoms with E-state index in [1.54, 1.807) is 19.1 Å². The third-order valence-corrected chi connectivity index (χ3v) is 5.17. The van der Waals surface area contributed by atoms with Gasteiger partial charge in [-0.25, -0.2) is 18.1 Å². The van der Waals surface area contributed by atoms with Crippen molar-refractivity contribution in [1.29, 1.82) is 0 Å². The highest BCUT2D eigenvalue weighted by molar-refractivity contribution is 7.89. The predicted octanol–water partition coefficient (Wildman–Crippen LogP) is 1.19. The van der Waals surface area contributed by atoms with E-state index in [0.29, 0.717) is 10.6 Å². The number of hydrogen-bond acceptors (Lipinski definition) is 6. The van der Waals surface area contributed by atoms with E-state index in [0.717, 1.165) is 11.3 Å². The van der Waals surface area contributed by atoms with Gasteiger partial charge < -0.3 is 11.1 Å². The van der Waals surface area contributed by atoms with Crippen molar-refractivity contribution in [1.82, 2.24) is 9.71 Å². The monoisotopic (exact) mass is 326 g/mol. The van der Waals surface area contributed by atoms with E-state index in [2.05, 4.69) is 15.0 Å². The Morgan fingerprint density at radius 2 is 2.00 bits per heavy atom. The molecule has 0 spiro atoms. The number of amides is 1. The summed E-state index contributed by atoms with van der Waals surface area (Å²) in [5, 5.41) is 2.86. The summed E-state index contributed by atoms with van der Waals surface area (Å²) in [5.41, 5.74) is 6.25. The van der Waals surface area contributed by atoms with Gasteiger partial charge in [0.25, 0.3) is 5.91 Å². The zero-order chi connectivity index (χ0) is 15.6. The summed E-state index contributed by atoms with van der Waals surface area (Å²) in [6.45, 7) is 1.66. The molecule has 0 fully saturated rings. The molecule has 0 bridgehead atoms. The number of nitrogens with one attached hydrogen (secondary N) is 2. The van der Waals surface area contributed by atoms with Gasteiger partial charge in [0.15, 0.2) is 5.13 Å². The molecule has 2 aromatic rings. The van der Waals surface area contributed by atoms with Crippen LogP contribution >= 0.6 is 11.3 Å². The van der Waals surface area contributed by atoms with Gasteiger partial charge in [0, 0.05) is 0 Å².